The summed E-state index contributed by atoms with van der Waals surface area (Å²) in [5.41, 5.74) is 0. The zero-order valence-electron chi connectivity index (χ0n) is 5.69. The molecular formula is C6H11ClOS. The molecule has 3 heteroatoms. The van der Waals surface area contributed by atoms with Crippen molar-refractivity contribution in [1.82, 2.24) is 0 Å². The van der Waals surface area contributed by atoms with E-state index in [2.05, 4.69) is 6.92 Å². The van der Waals surface area contributed by atoms with Crippen LogP contribution in [0, 0.1) is 0 Å². The molecular weight excluding hydrogens is 156 g/mol. The monoisotopic (exact) mass is 166 g/mol. The fourth-order valence-electron chi connectivity index (χ4n) is 0.466. The van der Waals surface area contributed by atoms with Gasteiger partial charge in [-0.2, -0.15) is 0 Å². The van der Waals surface area contributed by atoms with Crippen LogP contribution in [0.5, 0.6) is 0 Å². The number of carbonyl (C=O) groups is 1. The van der Waals surface area contributed by atoms with Gasteiger partial charge in [0.1, 0.15) is 0 Å². The van der Waals surface area contributed by atoms with E-state index < -0.39 is 0 Å². The molecule has 0 N–H and O–H groups in total. The van der Waals surface area contributed by atoms with Crippen molar-refractivity contribution in [3.63, 3.8) is 0 Å². The van der Waals surface area contributed by atoms with Crippen molar-refractivity contribution in [2.75, 3.05) is 0 Å². The molecule has 0 amide bonds. The Morgan fingerprint density at radius 3 is 2.67 bits per heavy atom. The standard InChI is InChI=1S/C6H11ClOS/c1-3-4-6(7)9-5(2)8/h6H,3-4H2,1-2H3. The highest BCUT2D eigenvalue weighted by atomic mass is 35.5. The average Bonchev–Trinajstić information content (AvgIpc) is 1.63. The second-order valence-electron chi connectivity index (χ2n) is 1.81. The van der Waals surface area contributed by atoms with E-state index in [1.165, 1.54) is 18.7 Å². The quantitative estimate of drug-likeness (QED) is 0.600. The molecule has 0 heterocycles. The second-order valence-corrected chi connectivity index (χ2v) is 3.97. The Hall–Kier alpha value is 0.310. The zero-order chi connectivity index (χ0) is 7.28. The van der Waals surface area contributed by atoms with E-state index in [4.69, 9.17) is 11.6 Å². The average molecular weight is 167 g/mol. The van der Waals surface area contributed by atoms with Crippen LogP contribution in [0.2, 0.25) is 0 Å². The van der Waals surface area contributed by atoms with E-state index in [0.29, 0.717) is 0 Å². The van der Waals surface area contributed by atoms with Crippen LogP contribution >= 0.6 is 23.4 Å². The smallest absolute Gasteiger partial charge is 0.187 e. The molecule has 9 heavy (non-hydrogen) atoms. The lowest BCUT2D eigenvalue weighted by Crippen LogP contribution is -1.94. The van der Waals surface area contributed by atoms with Crippen molar-refractivity contribution in [2.24, 2.45) is 0 Å². The van der Waals surface area contributed by atoms with Gasteiger partial charge in [0.25, 0.3) is 0 Å². The van der Waals surface area contributed by atoms with Gasteiger partial charge >= 0.3 is 0 Å². The largest absolute Gasteiger partial charge is 0.287 e. The van der Waals surface area contributed by atoms with Gasteiger partial charge in [-0.1, -0.05) is 25.1 Å². The van der Waals surface area contributed by atoms with Gasteiger partial charge in [0.05, 0.1) is 4.71 Å². The van der Waals surface area contributed by atoms with Crippen molar-refractivity contribution in [3.8, 4) is 0 Å². The minimum Gasteiger partial charge on any atom is -0.287 e. The Labute approximate surface area is 65.2 Å². The molecule has 0 fully saturated rings. The highest BCUT2D eigenvalue weighted by Gasteiger charge is 2.05. The van der Waals surface area contributed by atoms with Crippen LogP contribution in [0.3, 0.4) is 0 Å². The Balaban J connectivity index is 3.26. The summed E-state index contributed by atoms with van der Waals surface area (Å²) in [4.78, 5) is 10.4. The molecule has 0 saturated carbocycles. The summed E-state index contributed by atoms with van der Waals surface area (Å²) in [5.74, 6) is 0. The second kappa shape index (κ2) is 5.12. The van der Waals surface area contributed by atoms with Crippen molar-refractivity contribution in [1.29, 1.82) is 0 Å². The van der Waals surface area contributed by atoms with Gasteiger partial charge in [-0.15, -0.1) is 11.6 Å². The Bertz CT molecular complexity index is 95.1. The molecule has 0 aliphatic heterocycles. The molecule has 0 aliphatic rings. The Kier molecular flexibility index (Phi) is 5.30. The van der Waals surface area contributed by atoms with Gasteiger partial charge in [0.15, 0.2) is 5.12 Å². The van der Waals surface area contributed by atoms with E-state index in [9.17, 15) is 4.79 Å². The first-order chi connectivity index (χ1) is 4.16. The molecule has 1 nitrogen and oxygen atoms in total. The highest BCUT2D eigenvalue weighted by Crippen LogP contribution is 2.20. The summed E-state index contributed by atoms with van der Waals surface area (Å²) in [6.07, 6.45) is 1.94. The summed E-state index contributed by atoms with van der Waals surface area (Å²) in [6.45, 7) is 3.59. The molecule has 0 bridgehead atoms. The number of halogens is 1. The molecule has 0 aromatic rings. The Morgan fingerprint density at radius 2 is 2.33 bits per heavy atom. The van der Waals surface area contributed by atoms with Crippen LogP contribution < -0.4 is 0 Å². The molecule has 0 spiro atoms. The maximum atomic E-state index is 10.4. The van der Waals surface area contributed by atoms with Crippen molar-refractivity contribution in [2.45, 2.75) is 31.4 Å². The molecule has 0 saturated heterocycles. The van der Waals surface area contributed by atoms with Crippen LogP contribution in [0.25, 0.3) is 0 Å². The molecule has 1 unspecified atom stereocenters. The first-order valence-electron chi connectivity index (χ1n) is 2.98. The lowest BCUT2D eigenvalue weighted by molar-refractivity contribution is -0.109. The summed E-state index contributed by atoms with van der Waals surface area (Å²) in [6, 6.07) is 0. The third-order valence-electron chi connectivity index (χ3n) is 0.809. The summed E-state index contributed by atoms with van der Waals surface area (Å²) < 4.78 is -0.0208. The van der Waals surface area contributed by atoms with Gasteiger partial charge in [-0.3, -0.25) is 4.79 Å². The van der Waals surface area contributed by atoms with Crippen molar-refractivity contribution >= 4 is 28.5 Å². The minimum atomic E-state index is -0.0208. The number of thioether (sulfide) groups is 1. The van der Waals surface area contributed by atoms with E-state index in [0.717, 1.165) is 12.8 Å². The number of hydrogen-bond acceptors (Lipinski definition) is 2. The highest BCUT2D eigenvalue weighted by molar-refractivity contribution is 8.15. The summed E-state index contributed by atoms with van der Waals surface area (Å²) >= 11 is 6.92. The first kappa shape index (κ1) is 9.31. The van der Waals surface area contributed by atoms with Gasteiger partial charge < -0.3 is 0 Å². The van der Waals surface area contributed by atoms with E-state index in [1.54, 1.807) is 0 Å². The van der Waals surface area contributed by atoms with Crippen LogP contribution in [-0.4, -0.2) is 9.82 Å². The minimum absolute atomic E-state index is 0.0208. The SMILES string of the molecule is CCCC(Cl)SC(C)=O. The molecule has 0 aromatic heterocycles. The van der Waals surface area contributed by atoms with Crippen LogP contribution in [-0.2, 0) is 4.79 Å². The molecule has 0 radical (unpaired) electrons. The van der Waals surface area contributed by atoms with E-state index >= 15 is 0 Å². The number of alkyl halides is 1. The lowest BCUT2D eigenvalue weighted by Gasteiger charge is -2.01. The number of hydrogen-bond donors (Lipinski definition) is 0. The number of carbonyl (C=O) groups excluding carboxylic acids is 1. The van der Waals surface area contributed by atoms with Crippen molar-refractivity contribution < 1.29 is 4.79 Å². The third kappa shape index (κ3) is 6.19. The lowest BCUT2D eigenvalue weighted by atomic mass is 10.4. The van der Waals surface area contributed by atoms with Gasteiger partial charge in [0.2, 0.25) is 0 Å². The molecule has 1 atom stereocenters. The van der Waals surface area contributed by atoms with Crippen LogP contribution in [0.15, 0.2) is 0 Å². The third-order valence-corrected chi connectivity index (χ3v) is 2.12. The molecule has 0 aromatic carbocycles. The first-order valence-corrected chi connectivity index (χ1v) is 4.29. The molecule has 0 rings (SSSR count). The topological polar surface area (TPSA) is 17.1 Å². The molecule has 54 valence electrons. The van der Waals surface area contributed by atoms with E-state index in [-0.39, 0.29) is 9.82 Å². The van der Waals surface area contributed by atoms with Gasteiger partial charge in [-0.05, 0) is 6.42 Å². The summed E-state index contributed by atoms with van der Waals surface area (Å²) in [7, 11) is 0. The maximum absolute atomic E-state index is 10.4. The molecule has 0 aliphatic carbocycles. The predicted octanol–water partition coefficient (Wildman–Crippen LogP) is 2.63. The Morgan fingerprint density at radius 1 is 1.78 bits per heavy atom. The predicted molar refractivity (Wildman–Crippen MR) is 42.8 cm³/mol. The zero-order valence-corrected chi connectivity index (χ0v) is 7.26. The van der Waals surface area contributed by atoms with Gasteiger partial charge in [-0.25, -0.2) is 0 Å². The van der Waals surface area contributed by atoms with Crippen LogP contribution in [0.1, 0.15) is 26.7 Å². The van der Waals surface area contributed by atoms with Crippen LogP contribution in [0.4, 0.5) is 0 Å². The fraction of sp³-hybridized carbons (Fsp3) is 0.833. The van der Waals surface area contributed by atoms with E-state index in [1.807, 2.05) is 0 Å². The normalized spacial score (nSPS) is 13.2. The number of rotatable bonds is 3. The van der Waals surface area contributed by atoms with Crippen molar-refractivity contribution in [3.05, 3.63) is 0 Å². The maximum Gasteiger partial charge on any atom is 0.187 e. The van der Waals surface area contributed by atoms with Gasteiger partial charge in [0, 0.05) is 6.92 Å². The fourth-order valence-corrected chi connectivity index (χ4v) is 1.77. The summed E-state index contributed by atoms with van der Waals surface area (Å²) in [5, 5.41) is 0.100.